The molecule has 1 aliphatic heterocycles. The molecule has 3 heteroatoms. The van der Waals surface area contributed by atoms with Crippen LogP contribution >= 0.6 is 11.8 Å². The van der Waals surface area contributed by atoms with Crippen molar-refractivity contribution in [1.29, 1.82) is 0 Å². The highest BCUT2D eigenvalue weighted by atomic mass is 32.2. The molecule has 0 amide bonds. The summed E-state index contributed by atoms with van der Waals surface area (Å²) in [5.41, 5.74) is 2.98. The molecule has 2 rings (SSSR count). The fourth-order valence-corrected chi connectivity index (χ4v) is 3.69. The zero-order valence-corrected chi connectivity index (χ0v) is 12.3. The van der Waals surface area contributed by atoms with Gasteiger partial charge in [-0.1, -0.05) is 13.8 Å². The van der Waals surface area contributed by atoms with Crippen molar-refractivity contribution in [3.8, 4) is 0 Å². The molecular formula is C15H18O2S. The lowest BCUT2D eigenvalue weighted by Gasteiger charge is -2.31. The van der Waals surface area contributed by atoms with Crippen LogP contribution in [0.5, 0.6) is 0 Å². The summed E-state index contributed by atoms with van der Waals surface area (Å²) in [6.45, 7) is 9.36. The molecule has 1 heterocycles. The second-order valence-corrected chi connectivity index (χ2v) is 6.61. The fraction of sp³-hybridized carbons (Fsp3) is 0.467. The van der Waals surface area contributed by atoms with Gasteiger partial charge in [-0.2, -0.15) is 0 Å². The van der Waals surface area contributed by atoms with Crippen LogP contribution in [0, 0.1) is 19.3 Å². The van der Waals surface area contributed by atoms with E-state index in [1.54, 1.807) is 18.7 Å². The molecule has 0 fully saturated rings. The molecule has 0 saturated heterocycles. The smallest absolute Gasteiger partial charge is 0.170 e. The zero-order valence-electron chi connectivity index (χ0n) is 11.5. The first-order chi connectivity index (χ1) is 8.25. The van der Waals surface area contributed by atoms with Crippen molar-refractivity contribution in [3.63, 3.8) is 0 Å². The summed E-state index contributed by atoms with van der Waals surface area (Å²) in [6, 6.07) is 1.91. The van der Waals surface area contributed by atoms with E-state index in [9.17, 15) is 9.59 Å². The second kappa shape index (κ2) is 4.23. The van der Waals surface area contributed by atoms with Crippen LogP contribution < -0.4 is 0 Å². The maximum Gasteiger partial charge on any atom is 0.170 e. The molecule has 96 valence electrons. The average Bonchev–Trinajstić information content (AvgIpc) is 2.27. The van der Waals surface area contributed by atoms with Crippen LogP contribution in [0.1, 0.15) is 52.6 Å². The Hall–Kier alpha value is -1.09. The first-order valence-corrected chi connectivity index (χ1v) is 7.07. The van der Waals surface area contributed by atoms with Gasteiger partial charge in [0.15, 0.2) is 11.6 Å². The molecule has 0 bridgehead atoms. The molecule has 18 heavy (non-hydrogen) atoms. The van der Waals surface area contributed by atoms with E-state index in [1.165, 1.54) is 0 Å². The van der Waals surface area contributed by atoms with E-state index in [1.807, 2.05) is 33.8 Å². The van der Waals surface area contributed by atoms with E-state index in [0.717, 1.165) is 27.3 Å². The predicted octanol–water partition coefficient (Wildman–Crippen LogP) is 3.82. The average molecular weight is 262 g/mol. The molecule has 1 aromatic carbocycles. The Kier molecular flexibility index (Phi) is 3.14. The second-order valence-electron chi connectivity index (χ2n) is 5.63. The Balaban J connectivity index is 2.75. The highest BCUT2D eigenvalue weighted by molar-refractivity contribution is 7.99. The molecule has 1 aliphatic rings. The number of rotatable bonds is 1. The van der Waals surface area contributed by atoms with Gasteiger partial charge in [0.1, 0.15) is 0 Å². The summed E-state index contributed by atoms with van der Waals surface area (Å²) >= 11 is 1.73. The van der Waals surface area contributed by atoms with Crippen LogP contribution in [0.2, 0.25) is 0 Å². The van der Waals surface area contributed by atoms with Gasteiger partial charge in [0, 0.05) is 27.2 Å². The summed E-state index contributed by atoms with van der Waals surface area (Å²) in [7, 11) is 0. The molecule has 0 atom stereocenters. The number of carbonyl (C=O) groups excluding carboxylic acids is 2. The van der Waals surface area contributed by atoms with Crippen molar-refractivity contribution >= 4 is 23.3 Å². The molecular weight excluding hydrogens is 244 g/mol. The Morgan fingerprint density at radius 1 is 1.33 bits per heavy atom. The molecule has 0 aromatic heterocycles. The minimum absolute atomic E-state index is 0.0274. The van der Waals surface area contributed by atoms with E-state index in [4.69, 9.17) is 0 Å². The number of hydrogen-bond donors (Lipinski definition) is 0. The molecule has 1 aromatic rings. The normalized spacial score (nSPS) is 17.5. The molecule has 0 aliphatic carbocycles. The monoisotopic (exact) mass is 262 g/mol. The first kappa shape index (κ1) is 13.3. The molecule has 0 spiro atoms. The van der Waals surface area contributed by atoms with Crippen molar-refractivity contribution in [3.05, 3.63) is 28.3 Å². The largest absolute Gasteiger partial charge is 0.295 e. The quantitative estimate of drug-likeness (QED) is 0.721. The zero-order chi connectivity index (χ0) is 13.7. The predicted molar refractivity (Wildman–Crippen MR) is 74.8 cm³/mol. The Labute approximate surface area is 112 Å². The van der Waals surface area contributed by atoms with Gasteiger partial charge in [-0.25, -0.2) is 0 Å². The summed E-state index contributed by atoms with van der Waals surface area (Å²) < 4.78 is 0. The maximum atomic E-state index is 12.6. The van der Waals surface area contributed by atoms with Gasteiger partial charge >= 0.3 is 0 Å². The molecule has 2 nitrogen and oxygen atoms in total. The summed E-state index contributed by atoms with van der Waals surface area (Å²) in [6.07, 6.45) is 0. The SMILES string of the molecule is CC(=O)c1cc(C)c2c(c1C)C(=O)C(C)(C)CS2. The highest BCUT2D eigenvalue weighted by Gasteiger charge is 2.37. The number of hydrogen-bond acceptors (Lipinski definition) is 3. The summed E-state index contributed by atoms with van der Waals surface area (Å²) in [5.74, 6) is 0.998. The Bertz CT molecular complexity index is 556. The van der Waals surface area contributed by atoms with E-state index in [-0.39, 0.29) is 17.0 Å². The summed E-state index contributed by atoms with van der Waals surface area (Å²) in [4.78, 5) is 25.3. The standard InChI is InChI=1S/C15H18O2S/c1-8-6-11(10(3)16)9(2)12-13(8)18-7-15(4,5)14(12)17/h6H,7H2,1-5H3. The van der Waals surface area contributed by atoms with E-state index < -0.39 is 0 Å². The number of thioether (sulfide) groups is 1. The molecule has 0 saturated carbocycles. The van der Waals surface area contributed by atoms with Crippen LogP contribution in [-0.2, 0) is 0 Å². The molecule has 0 radical (unpaired) electrons. The van der Waals surface area contributed by atoms with Gasteiger partial charge in [0.2, 0.25) is 0 Å². The van der Waals surface area contributed by atoms with Crippen molar-refractivity contribution in [1.82, 2.24) is 0 Å². The number of carbonyl (C=O) groups is 2. The van der Waals surface area contributed by atoms with E-state index >= 15 is 0 Å². The number of fused-ring (bicyclic) bond motifs is 1. The van der Waals surface area contributed by atoms with Gasteiger partial charge in [-0.05, 0) is 38.0 Å². The van der Waals surface area contributed by atoms with Crippen LogP contribution in [0.3, 0.4) is 0 Å². The Morgan fingerprint density at radius 3 is 2.50 bits per heavy atom. The Morgan fingerprint density at radius 2 is 1.94 bits per heavy atom. The summed E-state index contributed by atoms with van der Waals surface area (Å²) in [5, 5.41) is 0. The minimum Gasteiger partial charge on any atom is -0.295 e. The van der Waals surface area contributed by atoms with Gasteiger partial charge in [0.05, 0.1) is 0 Å². The van der Waals surface area contributed by atoms with Crippen LogP contribution in [0.25, 0.3) is 0 Å². The number of benzene rings is 1. The van der Waals surface area contributed by atoms with Gasteiger partial charge in [0.25, 0.3) is 0 Å². The number of aryl methyl sites for hydroxylation is 1. The number of ketones is 2. The lowest BCUT2D eigenvalue weighted by molar-refractivity contribution is 0.0855. The van der Waals surface area contributed by atoms with Crippen molar-refractivity contribution in [2.45, 2.75) is 39.5 Å². The lowest BCUT2D eigenvalue weighted by Crippen LogP contribution is -2.32. The highest BCUT2D eigenvalue weighted by Crippen LogP contribution is 2.43. The topological polar surface area (TPSA) is 34.1 Å². The van der Waals surface area contributed by atoms with E-state index in [0.29, 0.717) is 5.56 Å². The van der Waals surface area contributed by atoms with Gasteiger partial charge in [-0.3, -0.25) is 9.59 Å². The van der Waals surface area contributed by atoms with Crippen molar-refractivity contribution in [2.75, 3.05) is 5.75 Å². The van der Waals surface area contributed by atoms with Crippen LogP contribution in [0.4, 0.5) is 0 Å². The van der Waals surface area contributed by atoms with E-state index in [2.05, 4.69) is 0 Å². The third kappa shape index (κ3) is 1.91. The van der Waals surface area contributed by atoms with Gasteiger partial charge in [-0.15, -0.1) is 11.8 Å². The first-order valence-electron chi connectivity index (χ1n) is 6.08. The van der Waals surface area contributed by atoms with Crippen molar-refractivity contribution in [2.24, 2.45) is 5.41 Å². The third-order valence-corrected chi connectivity index (χ3v) is 5.20. The van der Waals surface area contributed by atoms with Crippen molar-refractivity contribution < 1.29 is 9.59 Å². The van der Waals surface area contributed by atoms with Crippen LogP contribution in [0.15, 0.2) is 11.0 Å². The lowest BCUT2D eigenvalue weighted by atomic mass is 9.82. The maximum absolute atomic E-state index is 12.6. The fourth-order valence-electron chi connectivity index (χ4n) is 2.37. The number of Topliss-reactive ketones (excluding diaryl/α,β-unsaturated/α-hetero) is 2. The third-order valence-electron chi connectivity index (χ3n) is 3.52. The van der Waals surface area contributed by atoms with Gasteiger partial charge < -0.3 is 0 Å². The van der Waals surface area contributed by atoms with Crippen LogP contribution in [-0.4, -0.2) is 17.3 Å². The minimum atomic E-state index is -0.343. The molecule has 0 N–H and O–H groups in total. The molecule has 0 unspecified atom stereocenters.